The van der Waals surface area contributed by atoms with Crippen molar-refractivity contribution in [3.8, 4) is 0 Å². The molecule has 3 heterocycles. The van der Waals surface area contributed by atoms with Crippen LogP contribution in [0.5, 0.6) is 0 Å². The van der Waals surface area contributed by atoms with Crippen molar-refractivity contribution in [1.82, 2.24) is 4.90 Å². The number of benzene rings is 1. The zero-order valence-corrected chi connectivity index (χ0v) is 11.7. The molecule has 0 N–H and O–H groups in total. The van der Waals surface area contributed by atoms with Crippen molar-refractivity contribution in [3.05, 3.63) is 36.1 Å². The molecule has 5 heteroatoms. The van der Waals surface area contributed by atoms with Crippen molar-refractivity contribution < 1.29 is 18.7 Å². The van der Waals surface area contributed by atoms with Crippen molar-refractivity contribution >= 4 is 16.9 Å². The monoisotopic (exact) mass is 287 g/mol. The minimum absolute atomic E-state index is 0.0694. The number of rotatable bonds is 1. The van der Waals surface area contributed by atoms with Crippen molar-refractivity contribution in [2.45, 2.75) is 12.0 Å². The Kier molecular flexibility index (Phi) is 2.97. The van der Waals surface area contributed by atoms with Gasteiger partial charge in [-0.05, 0) is 18.6 Å². The van der Waals surface area contributed by atoms with Gasteiger partial charge in [-0.25, -0.2) is 0 Å². The van der Waals surface area contributed by atoms with E-state index in [0.29, 0.717) is 38.7 Å². The average Bonchev–Trinajstić information content (AvgIpc) is 3.14. The molecule has 4 rings (SSSR count). The molecular formula is C16H17NO4. The van der Waals surface area contributed by atoms with E-state index < -0.39 is 0 Å². The number of carbonyl (C=O) groups is 1. The van der Waals surface area contributed by atoms with Gasteiger partial charge in [0.15, 0.2) is 5.76 Å². The molecule has 0 aliphatic carbocycles. The molecule has 0 unspecified atom stereocenters. The van der Waals surface area contributed by atoms with E-state index in [1.165, 1.54) is 0 Å². The maximum Gasteiger partial charge on any atom is 0.290 e. The summed E-state index contributed by atoms with van der Waals surface area (Å²) < 4.78 is 16.8. The zero-order valence-electron chi connectivity index (χ0n) is 11.7. The van der Waals surface area contributed by atoms with Crippen LogP contribution in [0.15, 0.2) is 34.7 Å². The lowest BCUT2D eigenvalue weighted by molar-refractivity contribution is -0.0560. The number of morpholine rings is 1. The summed E-state index contributed by atoms with van der Waals surface area (Å²) >= 11 is 0. The van der Waals surface area contributed by atoms with Crippen LogP contribution in [0, 0.1) is 0 Å². The van der Waals surface area contributed by atoms with E-state index in [9.17, 15) is 4.79 Å². The second-order valence-corrected chi connectivity index (χ2v) is 5.68. The number of ether oxygens (including phenoxy) is 2. The number of carbonyl (C=O) groups excluding carboxylic acids is 1. The van der Waals surface area contributed by atoms with Gasteiger partial charge in [0.05, 0.1) is 25.4 Å². The standard InChI is InChI=1S/C16H17NO4/c18-15(14-9-12-3-1-2-4-13(12)21-14)17-6-8-20-11-16(17)5-7-19-10-16/h1-4,9H,5-8,10-11H2/t16-/m0/s1. The summed E-state index contributed by atoms with van der Waals surface area (Å²) in [5, 5.41) is 0.950. The van der Waals surface area contributed by atoms with Crippen LogP contribution >= 0.6 is 0 Å². The highest BCUT2D eigenvalue weighted by Gasteiger charge is 2.46. The van der Waals surface area contributed by atoms with Crippen LogP contribution in [0.3, 0.4) is 0 Å². The lowest BCUT2D eigenvalue weighted by Crippen LogP contribution is -2.59. The number of nitrogens with zero attached hydrogens (tertiary/aromatic N) is 1. The van der Waals surface area contributed by atoms with Gasteiger partial charge in [0.25, 0.3) is 5.91 Å². The van der Waals surface area contributed by atoms with E-state index in [1.807, 2.05) is 35.2 Å². The van der Waals surface area contributed by atoms with Crippen LogP contribution in [-0.4, -0.2) is 49.3 Å². The Bertz CT molecular complexity index is 639. The first-order valence-corrected chi connectivity index (χ1v) is 7.25. The van der Waals surface area contributed by atoms with Gasteiger partial charge in [0.1, 0.15) is 5.58 Å². The van der Waals surface area contributed by atoms with Gasteiger partial charge in [-0.2, -0.15) is 0 Å². The fourth-order valence-electron chi connectivity index (χ4n) is 3.19. The Balaban J connectivity index is 1.69. The topological polar surface area (TPSA) is 51.9 Å². The van der Waals surface area contributed by atoms with Crippen LogP contribution in [0.1, 0.15) is 17.0 Å². The molecule has 0 radical (unpaired) electrons. The molecule has 110 valence electrons. The second-order valence-electron chi connectivity index (χ2n) is 5.68. The molecule has 0 bridgehead atoms. The number of para-hydroxylation sites is 1. The fraction of sp³-hybridized carbons (Fsp3) is 0.438. The average molecular weight is 287 g/mol. The molecule has 0 saturated carbocycles. The first-order valence-electron chi connectivity index (χ1n) is 7.25. The molecule has 2 aromatic rings. The highest BCUT2D eigenvalue weighted by Crippen LogP contribution is 2.31. The Morgan fingerprint density at radius 3 is 2.76 bits per heavy atom. The van der Waals surface area contributed by atoms with Gasteiger partial charge >= 0.3 is 0 Å². The molecular weight excluding hydrogens is 270 g/mol. The Hall–Kier alpha value is -1.85. The summed E-state index contributed by atoms with van der Waals surface area (Å²) in [5.74, 6) is 0.323. The summed E-state index contributed by atoms with van der Waals surface area (Å²) in [4.78, 5) is 14.7. The van der Waals surface area contributed by atoms with E-state index in [4.69, 9.17) is 13.9 Å². The fourth-order valence-corrected chi connectivity index (χ4v) is 3.19. The van der Waals surface area contributed by atoms with E-state index in [1.54, 1.807) is 0 Å². The Morgan fingerprint density at radius 2 is 1.95 bits per heavy atom. The lowest BCUT2D eigenvalue weighted by atomic mass is 9.95. The summed E-state index contributed by atoms with van der Waals surface area (Å²) in [5.41, 5.74) is 0.416. The second kappa shape index (κ2) is 4.86. The van der Waals surface area contributed by atoms with Crippen LogP contribution in [0.2, 0.25) is 0 Å². The van der Waals surface area contributed by atoms with Gasteiger partial charge in [-0.15, -0.1) is 0 Å². The highest BCUT2D eigenvalue weighted by atomic mass is 16.5. The van der Waals surface area contributed by atoms with Crippen LogP contribution in [-0.2, 0) is 9.47 Å². The van der Waals surface area contributed by atoms with E-state index in [-0.39, 0.29) is 11.4 Å². The minimum Gasteiger partial charge on any atom is -0.451 e. The SMILES string of the molecule is O=C(c1cc2ccccc2o1)N1CCOC[C@@]12CCOC2. The third-order valence-corrected chi connectivity index (χ3v) is 4.37. The van der Waals surface area contributed by atoms with Gasteiger partial charge < -0.3 is 18.8 Å². The summed E-state index contributed by atoms with van der Waals surface area (Å²) in [6, 6.07) is 9.48. The first-order chi connectivity index (χ1) is 10.3. The lowest BCUT2D eigenvalue weighted by Gasteiger charge is -2.43. The number of furan rings is 1. The molecule has 1 amide bonds. The predicted octanol–water partition coefficient (Wildman–Crippen LogP) is 2.06. The molecule has 2 fully saturated rings. The number of hydrogen-bond donors (Lipinski definition) is 0. The molecule has 21 heavy (non-hydrogen) atoms. The summed E-state index contributed by atoms with van der Waals surface area (Å²) in [6.07, 6.45) is 0.818. The van der Waals surface area contributed by atoms with Crippen molar-refractivity contribution in [2.24, 2.45) is 0 Å². The molecule has 1 spiro atoms. The van der Waals surface area contributed by atoms with Gasteiger partial charge in [-0.1, -0.05) is 18.2 Å². The molecule has 2 aliphatic heterocycles. The van der Waals surface area contributed by atoms with Gasteiger partial charge in [-0.3, -0.25) is 4.79 Å². The molecule has 1 atom stereocenters. The Morgan fingerprint density at radius 1 is 1.14 bits per heavy atom. The third kappa shape index (κ3) is 2.04. The van der Waals surface area contributed by atoms with Crippen LogP contribution in [0.4, 0.5) is 0 Å². The quantitative estimate of drug-likeness (QED) is 0.805. The molecule has 2 aliphatic rings. The third-order valence-electron chi connectivity index (χ3n) is 4.37. The molecule has 5 nitrogen and oxygen atoms in total. The largest absolute Gasteiger partial charge is 0.451 e. The summed E-state index contributed by atoms with van der Waals surface area (Å²) in [7, 11) is 0. The van der Waals surface area contributed by atoms with Gasteiger partial charge in [0.2, 0.25) is 0 Å². The maximum atomic E-state index is 12.9. The molecule has 1 aromatic carbocycles. The first kappa shape index (κ1) is 12.9. The predicted molar refractivity (Wildman–Crippen MR) is 76.2 cm³/mol. The van der Waals surface area contributed by atoms with E-state index in [0.717, 1.165) is 17.4 Å². The van der Waals surface area contributed by atoms with E-state index >= 15 is 0 Å². The van der Waals surface area contributed by atoms with Crippen molar-refractivity contribution in [2.75, 3.05) is 33.0 Å². The Labute approximate surface area is 122 Å². The summed E-state index contributed by atoms with van der Waals surface area (Å²) in [6.45, 7) is 2.90. The van der Waals surface area contributed by atoms with Crippen LogP contribution < -0.4 is 0 Å². The number of fused-ring (bicyclic) bond motifs is 1. The van der Waals surface area contributed by atoms with Gasteiger partial charge in [0, 0.05) is 18.5 Å². The highest BCUT2D eigenvalue weighted by molar-refractivity contribution is 5.96. The minimum atomic E-state index is -0.325. The van der Waals surface area contributed by atoms with Crippen molar-refractivity contribution in [1.29, 1.82) is 0 Å². The zero-order chi connectivity index (χ0) is 14.3. The maximum absolute atomic E-state index is 12.9. The van der Waals surface area contributed by atoms with E-state index in [2.05, 4.69) is 0 Å². The molecule has 1 aromatic heterocycles. The molecule has 2 saturated heterocycles. The van der Waals surface area contributed by atoms with Crippen LogP contribution in [0.25, 0.3) is 11.0 Å². The smallest absolute Gasteiger partial charge is 0.290 e. The normalized spacial score (nSPS) is 25.8. The number of amides is 1. The van der Waals surface area contributed by atoms with Crippen molar-refractivity contribution in [3.63, 3.8) is 0 Å². The number of hydrogen-bond acceptors (Lipinski definition) is 4.